The van der Waals surface area contributed by atoms with E-state index in [4.69, 9.17) is 4.74 Å². The van der Waals surface area contributed by atoms with Crippen molar-refractivity contribution in [2.45, 2.75) is 0 Å². The van der Waals surface area contributed by atoms with Gasteiger partial charge in [-0.15, -0.1) is 0 Å². The van der Waals surface area contributed by atoms with Gasteiger partial charge in [-0.1, -0.05) is 6.07 Å². The first-order chi connectivity index (χ1) is 6.33. The fourth-order valence-corrected chi connectivity index (χ4v) is 1.18. The quantitative estimate of drug-likeness (QED) is 0.656. The standard InChI is InChI=1S/C9H7NO3/c1-12-7-4-2-3-6-8(7)10-5-13-9(6)11/h2-5H,1H3. The van der Waals surface area contributed by atoms with Crippen LogP contribution >= 0.6 is 0 Å². The summed E-state index contributed by atoms with van der Waals surface area (Å²) in [5, 5.41) is 0.432. The van der Waals surface area contributed by atoms with Crippen molar-refractivity contribution in [3.05, 3.63) is 35.0 Å². The van der Waals surface area contributed by atoms with Crippen LogP contribution in [0.1, 0.15) is 0 Å². The van der Waals surface area contributed by atoms with E-state index in [1.807, 2.05) is 0 Å². The highest BCUT2D eigenvalue weighted by Gasteiger charge is 2.04. The number of nitrogens with zero attached hydrogens (tertiary/aromatic N) is 1. The second-order valence-electron chi connectivity index (χ2n) is 2.50. The number of hydrogen-bond acceptors (Lipinski definition) is 4. The number of para-hydroxylation sites is 1. The van der Waals surface area contributed by atoms with E-state index in [-0.39, 0.29) is 0 Å². The van der Waals surface area contributed by atoms with Crippen LogP contribution in [0.4, 0.5) is 0 Å². The molecule has 0 aliphatic heterocycles. The molecule has 2 rings (SSSR count). The Morgan fingerprint density at radius 2 is 2.31 bits per heavy atom. The minimum atomic E-state index is -0.399. The van der Waals surface area contributed by atoms with E-state index in [1.165, 1.54) is 7.11 Å². The van der Waals surface area contributed by atoms with Gasteiger partial charge in [-0.3, -0.25) is 0 Å². The van der Waals surface area contributed by atoms with Crippen molar-refractivity contribution >= 4 is 10.9 Å². The smallest absolute Gasteiger partial charge is 0.346 e. The van der Waals surface area contributed by atoms with Crippen LogP contribution in [0.15, 0.2) is 33.8 Å². The zero-order valence-corrected chi connectivity index (χ0v) is 6.98. The number of methoxy groups -OCH3 is 1. The van der Waals surface area contributed by atoms with Gasteiger partial charge in [0.2, 0.25) is 0 Å². The topological polar surface area (TPSA) is 52.3 Å². The molecule has 13 heavy (non-hydrogen) atoms. The molecule has 0 unspecified atom stereocenters. The fraction of sp³-hybridized carbons (Fsp3) is 0.111. The molecule has 0 aliphatic carbocycles. The van der Waals surface area contributed by atoms with Crippen molar-refractivity contribution in [3.8, 4) is 5.75 Å². The molecule has 0 spiro atoms. The van der Waals surface area contributed by atoms with Crippen LogP contribution in [0, 0.1) is 0 Å². The summed E-state index contributed by atoms with van der Waals surface area (Å²) in [6.45, 7) is 0. The zero-order valence-electron chi connectivity index (χ0n) is 6.98. The predicted molar refractivity (Wildman–Crippen MR) is 46.8 cm³/mol. The van der Waals surface area contributed by atoms with Crippen LogP contribution in [0.25, 0.3) is 10.9 Å². The van der Waals surface area contributed by atoms with E-state index in [0.717, 1.165) is 6.39 Å². The highest BCUT2D eigenvalue weighted by molar-refractivity contribution is 5.82. The van der Waals surface area contributed by atoms with Crippen LogP contribution in [0.2, 0.25) is 0 Å². The summed E-state index contributed by atoms with van der Waals surface area (Å²) < 4.78 is 9.66. The third kappa shape index (κ3) is 1.16. The van der Waals surface area contributed by atoms with Crippen LogP contribution < -0.4 is 10.4 Å². The summed E-state index contributed by atoms with van der Waals surface area (Å²) in [5.41, 5.74) is 0.130. The van der Waals surface area contributed by atoms with Gasteiger partial charge in [0, 0.05) is 0 Å². The number of rotatable bonds is 1. The lowest BCUT2D eigenvalue weighted by Crippen LogP contribution is -2.00. The van der Waals surface area contributed by atoms with Crippen molar-refractivity contribution in [2.75, 3.05) is 7.11 Å². The molecular formula is C9H7NO3. The normalized spacial score (nSPS) is 10.2. The largest absolute Gasteiger partial charge is 0.494 e. The molecular weight excluding hydrogens is 170 g/mol. The number of fused-ring (bicyclic) bond motifs is 1. The molecule has 0 aliphatic rings. The van der Waals surface area contributed by atoms with E-state index in [0.29, 0.717) is 16.7 Å². The summed E-state index contributed by atoms with van der Waals surface area (Å²) in [7, 11) is 1.53. The number of benzene rings is 1. The maximum atomic E-state index is 11.2. The summed E-state index contributed by atoms with van der Waals surface area (Å²) >= 11 is 0. The molecule has 0 N–H and O–H groups in total. The molecule has 4 heteroatoms. The molecule has 1 aromatic heterocycles. The van der Waals surface area contributed by atoms with Crippen molar-refractivity contribution in [2.24, 2.45) is 0 Å². The molecule has 0 amide bonds. The van der Waals surface area contributed by atoms with E-state index in [1.54, 1.807) is 18.2 Å². The molecule has 0 atom stereocenters. The third-order valence-electron chi connectivity index (χ3n) is 1.78. The van der Waals surface area contributed by atoms with Crippen LogP contribution in [0.5, 0.6) is 5.75 Å². The molecule has 0 radical (unpaired) electrons. The molecule has 66 valence electrons. The summed E-state index contributed by atoms with van der Waals surface area (Å²) in [5.74, 6) is 0.574. The summed E-state index contributed by atoms with van der Waals surface area (Å²) in [6, 6.07) is 5.12. The molecule has 1 aromatic carbocycles. The maximum absolute atomic E-state index is 11.2. The van der Waals surface area contributed by atoms with E-state index < -0.39 is 5.63 Å². The lowest BCUT2D eigenvalue weighted by atomic mass is 10.2. The Morgan fingerprint density at radius 3 is 3.08 bits per heavy atom. The van der Waals surface area contributed by atoms with Crippen molar-refractivity contribution in [3.63, 3.8) is 0 Å². The van der Waals surface area contributed by atoms with Gasteiger partial charge in [-0.25, -0.2) is 9.78 Å². The summed E-state index contributed by atoms with van der Waals surface area (Å²) in [4.78, 5) is 15.1. The molecule has 2 aromatic rings. The van der Waals surface area contributed by atoms with Gasteiger partial charge in [-0.2, -0.15) is 0 Å². The van der Waals surface area contributed by atoms with Crippen molar-refractivity contribution in [1.29, 1.82) is 0 Å². The zero-order chi connectivity index (χ0) is 9.26. The summed E-state index contributed by atoms with van der Waals surface area (Å²) in [6.07, 6.45) is 1.12. The van der Waals surface area contributed by atoms with Crippen LogP contribution in [0.3, 0.4) is 0 Å². The van der Waals surface area contributed by atoms with Crippen LogP contribution in [-0.4, -0.2) is 12.1 Å². The first kappa shape index (κ1) is 7.79. The van der Waals surface area contributed by atoms with E-state index >= 15 is 0 Å². The van der Waals surface area contributed by atoms with Gasteiger partial charge in [0.05, 0.1) is 12.5 Å². The molecule has 0 bridgehead atoms. The lowest BCUT2D eigenvalue weighted by molar-refractivity contribution is 0.417. The minimum absolute atomic E-state index is 0.399. The predicted octanol–water partition coefficient (Wildman–Crippen LogP) is 1.20. The van der Waals surface area contributed by atoms with Gasteiger partial charge < -0.3 is 9.15 Å². The molecule has 1 heterocycles. The average molecular weight is 177 g/mol. The third-order valence-corrected chi connectivity index (χ3v) is 1.78. The number of aromatic nitrogens is 1. The van der Waals surface area contributed by atoms with E-state index in [9.17, 15) is 4.79 Å². The Kier molecular flexibility index (Phi) is 1.73. The Balaban J connectivity index is 2.92. The molecule has 4 nitrogen and oxygen atoms in total. The second-order valence-corrected chi connectivity index (χ2v) is 2.50. The number of ether oxygens (including phenoxy) is 1. The minimum Gasteiger partial charge on any atom is -0.494 e. The molecule has 0 saturated carbocycles. The van der Waals surface area contributed by atoms with Gasteiger partial charge in [0.15, 0.2) is 6.39 Å². The highest BCUT2D eigenvalue weighted by atomic mass is 16.5. The van der Waals surface area contributed by atoms with Crippen molar-refractivity contribution in [1.82, 2.24) is 4.98 Å². The van der Waals surface area contributed by atoms with E-state index in [2.05, 4.69) is 9.40 Å². The van der Waals surface area contributed by atoms with Gasteiger partial charge >= 0.3 is 5.63 Å². The molecule has 0 fully saturated rings. The number of hydrogen-bond donors (Lipinski definition) is 0. The lowest BCUT2D eigenvalue weighted by Gasteiger charge is -2.01. The molecule has 0 saturated heterocycles. The van der Waals surface area contributed by atoms with Gasteiger partial charge in [0.1, 0.15) is 11.3 Å². The van der Waals surface area contributed by atoms with Gasteiger partial charge in [-0.05, 0) is 12.1 Å². The average Bonchev–Trinajstić information content (AvgIpc) is 2.18. The highest BCUT2D eigenvalue weighted by Crippen LogP contribution is 2.19. The monoisotopic (exact) mass is 177 g/mol. The first-order valence-corrected chi connectivity index (χ1v) is 3.73. The van der Waals surface area contributed by atoms with Gasteiger partial charge in [0.25, 0.3) is 0 Å². The Hall–Kier alpha value is -1.84. The Bertz CT molecular complexity index is 489. The SMILES string of the molecule is COc1cccc2c(=O)ocnc12. The Labute approximate surface area is 73.8 Å². The Morgan fingerprint density at radius 1 is 1.46 bits per heavy atom. The van der Waals surface area contributed by atoms with Crippen molar-refractivity contribution < 1.29 is 9.15 Å². The second kappa shape index (κ2) is 2.90. The first-order valence-electron chi connectivity index (χ1n) is 3.73. The van der Waals surface area contributed by atoms with Crippen LogP contribution in [-0.2, 0) is 0 Å². The fourth-order valence-electron chi connectivity index (χ4n) is 1.18. The maximum Gasteiger partial charge on any atom is 0.346 e.